The molecular weight excluding hydrogens is 342 g/mol. The Hall–Kier alpha value is -2.18. The minimum Gasteiger partial charge on any atom is -0.493 e. The zero-order valence-corrected chi connectivity index (χ0v) is 14.9. The number of methoxy groups -OCH3 is 1. The van der Waals surface area contributed by atoms with Gasteiger partial charge in [-0.05, 0) is 56.1 Å². The highest BCUT2D eigenvalue weighted by Crippen LogP contribution is 2.21. The topological polar surface area (TPSA) is 73.3 Å². The van der Waals surface area contributed by atoms with Crippen LogP contribution < -0.4 is 10.1 Å². The molecule has 0 spiro atoms. The third kappa shape index (κ3) is 5.14. The van der Waals surface area contributed by atoms with Gasteiger partial charge in [0.05, 0.1) is 31.8 Å². The summed E-state index contributed by atoms with van der Waals surface area (Å²) in [6.07, 6.45) is 5.32. The van der Waals surface area contributed by atoms with E-state index >= 15 is 0 Å². The molecule has 2 aromatic rings. The first-order valence-corrected chi connectivity index (χ1v) is 8.10. The Morgan fingerprint density at radius 1 is 1.16 bits per heavy atom. The molecule has 1 aliphatic heterocycles. The molecule has 25 heavy (non-hydrogen) atoms. The molecule has 1 N–H and O–H groups in total. The zero-order chi connectivity index (χ0) is 16.8. The van der Waals surface area contributed by atoms with Gasteiger partial charge in [0.15, 0.2) is 5.69 Å². The van der Waals surface area contributed by atoms with Crippen LogP contribution in [0.1, 0.15) is 23.3 Å². The molecule has 7 heteroatoms. The lowest BCUT2D eigenvalue weighted by atomic mass is 9.99. The fraction of sp³-hybridized carbons (Fsp3) is 0.389. The second kappa shape index (κ2) is 9.34. The van der Waals surface area contributed by atoms with Crippen molar-refractivity contribution in [3.05, 3.63) is 42.4 Å². The van der Waals surface area contributed by atoms with Crippen LogP contribution in [0, 0.1) is 5.92 Å². The summed E-state index contributed by atoms with van der Waals surface area (Å²) in [4.78, 5) is 19.7. The molecule has 0 atom stereocenters. The third-order valence-corrected chi connectivity index (χ3v) is 4.14. The molecule has 0 radical (unpaired) electrons. The first kappa shape index (κ1) is 19.1. The molecule has 1 fully saturated rings. The number of nitrogens with one attached hydrogen (secondary N) is 1. The summed E-state index contributed by atoms with van der Waals surface area (Å²) in [5, 5.41) is 3.36. The van der Waals surface area contributed by atoms with Gasteiger partial charge in [-0.1, -0.05) is 0 Å². The minimum absolute atomic E-state index is 0. The van der Waals surface area contributed by atoms with Gasteiger partial charge in [-0.3, -0.25) is 4.98 Å². The van der Waals surface area contributed by atoms with Crippen molar-refractivity contribution in [3.8, 4) is 17.0 Å². The summed E-state index contributed by atoms with van der Waals surface area (Å²) in [7, 11) is 1.32. The van der Waals surface area contributed by atoms with Crippen molar-refractivity contribution in [3.63, 3.8) is 0 Å². The van der Waals surface area contributed by atoms with Crippen LogP contribution in [0.4, 0.5) is 0 Å². The van der Waals surface area contributed by atoms with Gasteiger partial charge in [-0.15, -0.1) is 12.4 Å². The van der Waals surface area contributed by atoms with E-state index in [1.54, 1.807) is 6.20 Å². The van der Waals surface area contributed by atoms with E-state index in [0.29, 0.717) is 11.6 Å². The normalized spacial score (nSPS) is 14.4. The molecule has 1 aromatic carbocycles. The number of carbonyl (C=O) groups is 1. The van der Waals surface area contributed by atoms with Crippen LogP contribution in [0.25, 0.3) is 11.3 Å². The van der Waals surface area contributed by atoms with Crippen LogP contribution in [0.3, 0.4) is 0 Å². The maximum absolute atomic E-state index is 11.4. The number of carbonyl (C=O) groups excluding carboxylic acids is 1. The van der Waals surface area contributed by atoms with Crippen LogP contribution in [0.2, 0.25) is 0 Å². The van der Waals surface area contributed by atoms with Crippen LogP contribution in [0.15, 0.2) is 36.7 Å². The van der Waals surface area contributed by atoms with Gasteiger partial charge in [-0.25, -0.2) is 9.78 Å². The summed E-state index contributed by atoms with van der Waals surface area (Å²) in [5.74, 6) is 0.995. The number of nitrogens with zero attached hydrogens (tertiary/aromatic N) is 2. The number of aromatic nitrogens is 2. The van der Waals surface area contributed by atoms with E-state index in [9.17, 15) is 4.79 Å². The highest BCUT2D eigenvalue weighted by molar-refractivity contribution is 5.86. The number of piperidine rings is 1. The lowest BCUT2D eigenvalue weighted by Gasteiger charge is -2.22. The van der Waals surface area contributed by atoms with Crippen LogP contribution in [0.5, 0.6) is 5.75 Å². The van der Waals surface area contributed by atoms with Crippen LogP contribution in [-0.4, -0.2) is 42.7 Å². The summed E-state index contributed by atoms with van der Waals surface area (Å²) in [6.45, 7) is 2.91. The monoisotopic (exact) mass is 363 g/mol. The molecule has 0 aliphatic carbocycles. The largest absolute Gasteiger partial charge is 0.493 e. The van der Waals surface area contributed by atoms with E-state index in [1.807, 2.05) is 24.3 Å². The quantitative estimate of drug-likeness (QED) is 0.823. The van der Waals surface area contributed by atoms with Crippen molar-refractivity contribution in [2.75, 3.05) is 26.8 Å². The fourth-order valence-electron chi connectivity index (χ4n) is 2.67. The molecule has 0 bridgehead atoms. The fourth-order valence-corrected chi connectivity index (χ4v) is 2.67. The minimum atomic E-state index is -0.490. The van der Waals surface area contributed by atoms with Gasteiger partial charge in [0.2, 0.25) is 0 Å². The van der Waals surface area contributed by atoms with E-state index < -0.39 is 5.97 Å². The Morgan fingerprint density at radius 2 is 1.88 bits per heavy atom. The molecule has 1 saturated heterocycles. The van der Waals surface area contributed by atoms with Crippen molar-refractivity contribution in [2.24, 2.45) is 5.92 Å². The van der Waals surface area contributed by atoms with Crippen molar-refractivity contribution in [1.82, 2.24) is 15.3 Å². The Morgan fingerprint density at radius 3 is 2.48 bits per heavy atom. The Bertz CT molecular complexity index is 671. The lowest BCUT2D eigenvalue weighted by molar-refractivity contribution is 0.0593. The second-order valence-electron chi connectivity index (χ2n) is 5.81. The van der Waals surface area contributed by atoms with E-state index in [-0.39, 0.29) is 18.1 Å². The second-order valence-corrected chi connectivity index (χ2v) is 5.81. The molecule has 1 aliphatic rings. The van der Waals surface area contributed by atoms with E-state index in [2.05, 4.69) is 20.0 Å². The lowest BCUT2D eigenvalue weighted by Crippen LogP contribution is -2.30. The molecule has 0 amide bonds. The van der Waals surface area contributed by atoms with Crippen LogP contribution >= 0.6 is 12.4 Å². The van der Waals surface area contributed by atoms with E-state index in [1.165, 1.54) is 26.1 Å². The van der Waals surface area contributed by atoms with Crippen molar-refractivity contribution in [1.29, 1.82) is 0 Å². The Labute approximate surface area is 153 Å². The molecule has 0 unspecified atom stereocenters. The molecule has 0 saturated carbocycles. The molecule has 134 valence electrons. The average molecular weight is 364 g/mol. The highest BCUT2D eigenvalue weighted by Gasteiger charge is 2.13. The maximum atomic E-state index is 11.4. The third-order valence-electron chi connectivity index (χ3n) is 4.14. The standard InChI is InChI=1S/C18H21N3O3.ClH/c1-23-18(22)17-11-20-16(10-21-17)14-2-4-15(5-3-14)24-12-13-6-8-19-9-7-13;/h2-5,10-11,13,19H,6-9,12H2,1H3;1H. The molecular formula is C18H22ClN3O3. The van der Waals surface area contributed by atoms with Crippen molar-refractivity contribution < 1.29 is 14.3 Å². The van der Waals surface area contributed by atoms with Crippen molar-refractivity contribution in [2.45, 2.75) is 12.8 Å². The summed E-state index contributed by atoms with van der Waals surface area (Å²) < 4.78 is 10.5. The van der Waals surface area contributed by atoms with Gasteiger partial charge in [0.1, 0.15) is 5.75 Å². The maximum Gasteiger partial charge on any atom is 0.358 e. The van der Waals surface area contributed by atoms with Gasteiger partial charge in [-0.2, -0.15) is 0 Å². The number of esters is 1. The van der Waals surface area contributed by atoms with Gasteiger partial charge < -0.3 is 14.8 Å². The predicted molar refractivity (Wildman–Crippen MR) is 97.1 cm³/mol. The summed E-state index contributed by atoms with van der Waals surface area (Å²) in [5.41, 5.74) is 1.82. The summed E-state index contributed by atoms with van der Waals surface area (Å²) in [6, 6.07) is 7.76. The number of benzene rings is 1. The zero-order valence-electron chi connectivity index (χ0n) is 14.1. The van der Waals surface area contributed by atoms with Gasteiger partial charge in [0, 0.05) is 5.56 Å². The number of rotatable bonds is 5. The number of hydrogen-bond donors (Lipinski definition) is 1. The predicted octanol–water partition coefficient (Wildman–Crippen LogP) is 2.73. The van der Waals surface area contributed by atoms with E-state index in [0.717, 1.165) is 31.0 Å². The Kier molecular flexibility index (Phi) is 7.16. The van der Waals surface area contributed by atoms with Gasteiger partial charge >= 0.3 is 5.97 Å². The number of hydrogen-bond acceptors (Lipinski definition) is 6. The molecule has 3 rings (SSSR count). The SMILES string of the molecule is COC(=O)c1cnc(-c2ccc(OCC3CCNCC3)cc2)cn1.Cl. The number of ether oxygens (including phenoxy) is 2. The smallest absolute Gasteiger partial charge is 0.358 e. The first-order chi connectivity index (χ1) is 11.8. The highest BCUT2D eigenvalue weighted by atomic mass is 35.5. The first-order valence-electron chi connectivity index (χ1n) is 8.10. The molecule has 6 nitrogen and oxygen atoms in total. The summed E-state index contributed by atoms with van der Waals surface area (Å²) >= 11 is 0. The average Bonchev–Trinajstić information content (AvgIpc) is 2.67. The van der Waals surface area contributed by atoms with Crippen LogP contribution in [-0.2, 0) is 4.74 Å². The van der Waals surface area contributed by atoms with Crippen molar-refractivity contribution >= 4 is 18.4 Å². The molecule has 2 heterocycles. The molecule has 1 aromatic heterocycles. The Balaban J connectivity index is 0.00000225. The van der Waals surface area contributed by atoms with Gasteiger partial charge in [0.25, 0.3) is 0 Å². The van der Waals surface area contributed by atoms with E-state index in [4.69, 9.17) is 4.74 Å². The number of halogens is 1.